The van der Waals surface area contributed by atoms with Crippen LogP contribution in [0, 0.1) is 11.2 Å². The average Bonchev–Trinajstić information content (AvgIpc) is 2.59. The first-order valence-electron chi connectivity index (χ1n) is 4.69. The van der Waals surface area contributed by atoms with E-state index in [0.29, 0.717) is 5.56 Å². The van der Waals surface area contributed by atoms with Crippen LogP contribution in [0.15, 0.2) is 18.2 Å². The number of aromatic hydroxyl groups is 1. The summed E-state index contributed by atoms with van der Waals surface area (Å²) in [4.78, 5) is 0. The topological polar surface area (TPSA) is 46.2 Å². The first kappa shape index (κ1) is 9.46. The summed E-state index contributed by atoms with van der Waals surface area (Å²) in [5.41, 5.74) is 6.45. The second-order valence-corrected chi connectivity index (χ2v) is 4.50. The number of hydrogen-bond acceptors (Lipinski definition) is 2. The number of hydrogen-bond donors (Lipinski definition) is 2. The molecule has 2 atom stereocenters. The molecule has 0 spiro atoms. The summed E-state index contributed by atoms with van der Waals surface area (Å²) < 4.78 is 13.1. The highest BCUT2D eigenvalue weighted by Gasteiger charge is 2.57. The molecular weight excluding hydrogens is 181 g/mol. The molecule has 1 aliphatic rings. The number of nitrogens with two attached hydrogens (primary N) is 1. The molecule has 1 aliphatic carbocycles. The summed E-state index contributed by atoms with van der Waals surface area (Å²) in [6, 6.07) is 4.60. The van der Waals surface area contributed by atoms with Crippen LogP contribution in [0.5, 0.6) is 5.75 Å². The Morgan fingerprint density at radius 3 is 2.50 bits per heavy atom. The fourth-order valence-corrected chi connectivity index (χ4v) is 2.05. The Labute approximate surface area is 82.5 Å². The van der Waals surface area contributed by atoms with Crippen molar-refractivity contribution in [1.29, 1.82) is 0 Å². The van der Waals surface area contributed by atoms with E-state index in [2.05, 4.69) is 0 Å². The molecular formula is C11H14FNO. The predicted molar refractivity (Wildman–Crippen MR) is 52.6 cm³/mol. The molecule has 14 heavy (non-hydrogen) atoms. The van der Waals surface area contributed by atoms with Crippen LogP contribution in [0.25, 0.3) is 0 Å². The van der Waals surface area contributed by atoms with Crippen LogP contribution in [0.1, 0.15) is 25.3 Å². The van der Waals surface area contributed by atoms with Gasteiger partial charge in [0.1, 0.15) is 0 Å². The number of phenols is 1. The molecule has 0 aromatic heterocycles. The van der Waals surface area contributed by atoms with Gasteiger partial charge in [0.25, 0.3) is 0 Å². The Hall–Kier alpha value is -1.09. The van der Waals surface area contributed by atoms with Crippen molar-refractivity contribution in [2.45, 2.75) is 25.8 Å². The Kier molecular flexibility index (Phi) is 1.83. The Morgan fingerprint density at radius 2 is 2.00 bits per heavy atom. The van der Waals surface area contributed by atoms with Crippen molar-refractivity contribution in [1.82, 2.24) is 0 Å². The highest BCUT2D eigenvalue weighted by molar-refractivity contribution is 5.43. The van der Waals surface area contributed by atoms with Crippen LogP contribution in [-0.2, 0) is 0 Å². The van der Waals surface area contributed by atoms with Gasteiger partial charge in [-0.15, -0.1) is 0 Å². The van der Waals surface area contributed by atoms with E-state index in [4.69, 9.17) is 5.73 Å². The molecule has 2 rings (SSSR count). The smallest absolute Gasteiger partial charge is 0.165 e. The highest BCUT2D eigenvalue weighted by Crippen LogP contribution is 2.59. The molecule has 0 bridgehead atoms. The Balaban J connectivity index is 2.40. The molecule has 0 saturated heterocycles. The zero-order chi connectivity index (χ0) is 10.5. The van der Waals surface area contributed by atoms with E-state index in [1.165, 1.54) is 6.07 Å². The van der Waals surface area contributed by atoms with Gasteiger partial charge in [0.15, 0.2) is 11.6 Å². The van der Waals surface area contributed by atoms with Crippen molar-refractivity contribution in [2.24, 2.45) is 11.1 Å². The fraction of sp³-hybridized carbons (Fsp3) is 0.455. The molecule has 1 fully saturated rings. The lowest BCUT2D eigenvalue weighted by Gasteiger charge is -2.05. The quantitative estimate of drug-likeness (QED) is 0.719. The van der Waals surface area contributed by atoms with Gasteiger partial charge in [-0.1, -0.05) is 26.0 Å². The van der Waals surface area contributed by atoms with Gasteiger partial charge in [0.05, 0.1) is 0 Å². The van der Waals surface area contributed by atoms with Gasteiger partial charge in [-0.2, -0.15) is 0 Å². The number of phenolic OH excluding ortho intramolecular Hbond substituents is 1. The minimum atomic E-state index is -0.572. The molecule has 76 valence electrons. The van der Waals surface area contributed by atoms with E-state index in [1.807, 2.05) is 13.8 Å². The molecule has 0 aliphatic heterocycles. The first-order valence-corrected chi connectivity index (χ1v) is 4.69. The van der Waals surface area contributed by atoms with Crippen molar-refractivity contribution in [2.75, 3.05) is 0 Å². The third-order valence-corrected chi connectivity index (χ3v) is 3.26. The van der Waals surface area contributed by atoms with Crippen LogP contribution >= 0.6 is 0 Å². The van der Waals surface area contributed by atoms with Crippen molar-refractivity contribution in [3.63, 3.8) is 0 Å². The number of rotatable bonds is 1. The van der Waals surface area contributed by atoms with E-state index >= 15 is 0 Å². The second kappa shape index (κ2) is 2.70. The molecule has 3 heteroatoms. The molecule has 0 amide bonds. The SMILES string of the molecule is CC1(C)[C@@H](N)[C@@H]1c1cccc(F)c1O. The molecule has 1 aromatic carbocycles. The number of halogens is 1. The summed E-state index contributed by atoms with van der Waals surface area (Å²) in [5.74, 6) is -0.755. The Morgan fingerprint density at radius 1 is 1.43 bits per heavy atom. The number of para-hydroxylation sites is 1. The molecule has 3 N–H and O–H groups in total. The van der Waals surface area contributed by atoms with Gasteiger partial charge >= 0.3 is 0 Å². The van der Waals surface area contributed by atoms with Gasteiger partial charge in [-0.25, -0.2) is 4.39 Å². The maximum absolute atomic E-state index is 13.1. The van der Waals surface area contributed by atoms with E-state index in [9.17, 15) is 9.50 Å². The fourth-order valence-electron chi connectivity index (χ4n) is 2.05. The number of benzene rings is 1. The van der Waals surface area contributed by atoms with Crippen LogP contribution < -0.4 is 5.73 Å². The van der Waals surface area contributed by atoms with Crippen LogP contribution in [0.4, 0.5) is 4.39 Å². The average molecular weight is 195 g/mol. The molecule has 0 unspecified atom stereocenters. The van der Waals surface area contributed by atoms with Crippen LogP contribution in [-0.4, -0.2) is 11.1 Å². The summed E-state index contributed by atoms with van der Waals surface area (Å²) >= 11 is 0. The summed E-state index contributed by atoms with van der Waals surface area (Å²) in [6.45, 7) is 4.04. The lowest BCUT2D eigenvalue weighted by Crippen LogP contribution is -2.06. The highest BCUT2D eigenvalue weighted by atomic mass is 19.1. The van der Waals surface area contributed by atoms with Gasteiger partial charge in [0, 0.05) is 17.5 Å². The van der Waals surface area contributed by atoms with E-state index < -0.39 is 5.82 Å². The monoisotopic (exact) mass is 195 g/mol. The minimum Gasteiger partial charge on any atom is -0.505 e. The summed E-state index contributed by atoms with van der Waals surface area (Å²) in [6.07, 6.45) is 0. The molecule has 2 nitrogen and oxygen atoms in total. The lowest BCUT2D eigenvalue weighted by atomic mass is 10.0. The minimum absolute atomic E-state index is 0.00944. The zero-order valence-electron chi connectivity index (χ0n) is 8.29. The summed E-state index contributed by atoms with van der Waals surface area (Å²) in [5, 5.41) is 9.53. The standard InChI is InChI=1S/C11H14FNO/c1-11(2)8(10(11)13)6-4-3-5-7(12)9(6)14/h3-5,8,10,14H,13H2,1-2H3/t8-,10-/m0/s1. The molecule has 1 aromatic rings. The van der Waals surface area contributed by atoms with E-state index in [-0.39, 0.29) is 23.1 Å². The molecule has 0 radical (unpaired) electrons. The van der Waals surface area contributed by atoms with E-state index in [1.54, 1.807) is 12.1 Å². The zero-order valence-corrected chi connectivity index (χ0v) is 8.29. The molecule has 0 heterocycles. The van der Waals surface area contributed by atoms with Crippen LogP contribution in [0.2, 0.25) is 0 Å². The van der Waals surface area contributed by atoms with Crippen molar-refractivity contribution in [3.05, 3.63) is 29.6 Å². The second-order valence-electron chi connectivity index (χ2n) is 4.50. The van der Waals surface area contributed by atoms with Crippen molar-refractivity contribution >= 4 is 0 Å². The largest absolute Gasteiger partial charge is 0.505 e. The molecule has 1 saturated carbocycles. The maximum atomic E-state index is 13.1. The Bertz CT molecular complexity index is 376. The van der Waals surface area contributed by atoms with Crippen LogP contribution in [0.3, 0.4) is 0 Å². The third kappa shape index (κ3) is 1.12. The summed E-state index contributed by atoms with van der Waals surface area (Å²) in [7, 11) is 0. The maximum Gasteiger partial charge on any atom is 0.165 e. The predicted octanol–water partition coefficient (Wildman–Crippen LogP) is 1.98. The first-order chi connectivity index (χ1) is 6.46. The van der Waals surface area contributed by atoms with Crippen molar-refractivity contribution in [3.8, 4) is 5.75 Å². The van der Waals surface area contributed by atoms with E-state index in [0.717, 1.165) is 0 Å². The normalized spacial score (nSPS) is 28.9. The van der Waals surface area contributed by atoms with Gasteiger partial charge in [-0.3, -0.25) is 0 Å². The van der Waals surface area contributed by atoms with Gasteiger partial charge < -0.3 is 10.8 Å². The van der Waals surface area contributed by atoms with Crippen molar-refractivity contribution < 1.29 is 9.50 Å². The lowest BCUT2D eigenvalue weighted by molar-refractivity contribution is 0.423. The van der Waals surface area contributed by atoms with Gasteiger partial charge in [-0.05, 0) is 11.5 Å². The third-order valence-electron chi connectivity index (χ3n) is 3.26. The van der Waals surface area contributed by atoms with Gasteiger partial charge in [0.2, 0.25) is 0 Å².